The van der Waals surface area contributed by atoms with Crippen molar-refractivity contribution < 1.29 is 41.0 Å². The normalized spacial score (nSPS) is 16.7. The predicted molar refractivity (Wildman–Crippen MR) is 126 cm³/mol. The molecule has 0 aliphatic heterocycles. The Morgan fingerprint density at radius 3 is 2.03 bits per heavy atom. The second-order valence-electron chi connectivity index (χ2n) is 9.64. The van der Waals surface area contributed by atoms with Crippen molar-refractivity contribution in [3.8, 4) is 11.1 Å². The number of aliphatic carboxylic acids is 1. The highest BCUT2D eigenvalue weighted by atomic mass is 19.4. The standard InChI is InChI=1S/C27H29F6NO3/c1-5-25(4,34(6-2)23(35)16-7-8-16)22-14-19(26(28,29)30)9-10-21(22)18-11-17(15(3)24(36)37)12-20(13-18)27(31,32)33/h9-16H,5-8H2,1-4H3,(H,36,37). The van der Waals surface area contributed by atoms with Crippen LogP contribution in [-0.4, -0.2) is 28.4 Å². The van der Waals surface area contributed by atoms with E-state index in [0.717, 1.165) is 30.3 Å². The van der Waals surface area contributed by atoms with Gasteiger partial charge in [-0.05, 0) is 86.6 Å². The van der Waals surface area contributed by atoms with E-state index in [4.69, 9.17) is 0 Å². The van der Waals surface area contributed by atoms with Crippen molar-refractivity contribution in [2.75, 3.05) is 6.54 Å². The number of nitrogens with zero attached hydrogens (tertiary/aromatic N) is 1. The Morgan fingerprint density at radius 1 is 0.973 bits per heavy atom. The zero-order valence-electron chi connectivity index (χ0n) is 20.9. The van der Waals surface area contributed by atoms with E-state index in [-0.39, 0.29) is 47.0 Å². The van der Waals surface area contributed by atoms with Gasteiger partial charge in [-0.25, -0.2) is 0 Å². The van der Waals surface area contributed by atoms with Crippen LogP contribution in [0.4, 0.5) is 26.3 Å². The van der Waals surface area contributed by atoms with Gasteiger partial charge in [0.1, 0.15) is 0 Å². The van der Waals surface area contributed by atoms with Crippen molar-refractivity contribution in [3.63, 3.8) is 0 Å². The summed E-state index contributed by atoms with van der Waals surface area (Å²) in [4.78, 5) is 26.2. The number of carboxylic acid groups (broad SMARTS) is 1. The maximum atomic E-state index is 13.8. The highest BCUT2D eigenvalue weighted by Gasteiger charge is 2.43. The van der Waals surface area contributed by atoms with Crippen molar-refractivity contribution in [1.82, 2.24) is 4.90 Å². The molecule has 202 valence electrons. The van der Waals surface area contributed by atoms with Gasteiger partial charge in [-0.2, -0.15) is 26.3 Å². The number of rotatable bonds is 8. The zero-order chi connectivity index (χ0) is 27.9. The van der Waals surface area contributed by atoms with Crippen LogP contribution in [0.15, 0.2) is 36.4 Å². The first-order valence-electron chi connectivity index (χ1n) is 12.0. The van der Waals surface area contributed by atoms with Gasteiger partial charge in [0.05, 0.1) is 22.6 Å². The van der Waals surface area contributed by atoms with Gasteiger partial charge in [-0.15, -0.1) is 0 Å². The molecule has 1 fully saturated rings. The Kier molecular flexibility index (Phi) is 7.73. The van der Waals surface area contributed by atoms with Gasteiger partial charge in [0.2, 0.25) is 5.91 Å². The Hall–Kier alpha value is -3.04. The number of carboxylic acids is 1. The maximum absolute atomic E-state index is 13.8. The van der Waals surface area contributed by atoms with E-state index in [9.17, 15) is 41.0 Å². The van der Waals surface area contributed by atoms with Gasteiger partial charge < -0.3 is 10.0 Å². The molecule has 37 heavy (non-hydrogen) atoms. The highest BCUT2D eigenvalue weighted by Crippen LogP contribution is 2.45. The van der Waals surface area contributed by atoms with Crippen LogP contribution in [0.2, 0.25) is 0 Å². The number of benzene rings is 2. The van der Waals surface area contributed by atoms with E-state index >= 15 is 0 Å². The molecule has 3 rings (SSSR count). The first-order chi connectivity index (χ1) is 17.0. The summed E-state index contributed by atoms with van der Waals surface area (Å²) in [6.07, 6.45) is -8.00. The van der Waals surface area contributed by atoms with Gasteiger partial charge in [-0.3, -0.25) is 9.59 Å². The summed E-state index contributed by atoms with van der Waals surface area (Å²) < 4.78 is 82.6. The molecular formula is C27H29F6NO3. The fraction of sp³-hybridized carbons (Fsp3) is 0.481. The molecule has 0 saturated heterocycles. The molecule has 0 bridgehead atoms. The Balaban J connectivity index is 2.35. The van der Waals surface area contributed by atoms with Crippen LogP contribution in [0.1, 0.15) is 75.1 Å². The van der Waals surface area contributed by atoms with Gasteiger partial charge in [0.25, 0.3) is 0 Å². The molecule has 2 aromatic carbocycles. The van der Waals surface area contributed by atoms with Gasteiger partial charge in [0.15, 0.2) is 0 Å². The van der Waals surface area contributed by atoms with Gasteiger partial charge >= 0.3 is 18.3 Å². The molecule has 2 atom stereocenters. The van der Waals surface area contributed by atoms with Crippen molar-refractivity contribution in [3.05, 3.63) is 58.7 Å². The Labute approximate surface area is 211 Å². The average molecular weight is 530 g/mol. The molecular weight excluding hydrogens is 500 g/mol. The van der Waals surface area contributed by atoms with Crippen molar-refractivity contribution in [2.24, 2.45) is 5.92 Å². The molecule has 1 amide bonds. The van der Waals surface area contributed by atoms with Gasteiger partial charge in [-0.1, -0.05) is 19.1 Å². The molecule has 2 unspecified atom stereocenters. The second-order valence-corrected chi connectivity index (χ2v) is 9.64. The highest BCUT2D eigenvalue weighted by molar-refractivity contribution is 5.83. The fourth-order valence-corrected chi connectivity index (χ4v) is 4.61. The second kappa shape index (κ2) is 10.0. The number of alkyl halides is 6. The molecule has 1 N–H and O–H groups in total. The van der Waals surface area contributed by atoms with Crippen LogP contribution < -0.4 is 0 Å². The van der Waals surface area contributed by atoms with Crippen LogP contribution in [-0.2, 0) is 27.5 Å². The van der Waals surface area contributed by atoms with Crippen molar-refractivity contribution >= 4 is 11.9 Å². The summed E-state index contributed by atoms with van der Waals surface area (Å²) in [6, 6.07) is 5.58. The Morgan fingerprint density at radius 2 is 1.57 bits per heavy atom. The van der Waals surface area contributed by atoms with Crippen LogP contribution in [0.3, 0.4) is 0 Å². The zero-order valence-corrected chi connectivity index (χ0v) is 20.9. The monoisotopic (exact) mass is 529 g/mol. The summed E-state index contributed by atoms with van der Waals surface area (Å²) in [5.74, 6) is -3.07. The number of halogens is 6. The summed E-state index contributed by atoms with van der Waals surface area (Å²) in [5.41, 5.74) is -3.46. The smallest absolute Gasteiger partial charge is 0.416 e. The quantitative estimate of drug-likeness (QED) is 0.361. The topological polar surface area (TPSA) is 57.6 Å². The van der Waals surface area contributed by atoms with E-state index in [0.29, 0.717) is 12.8 Å². The molecule has 1 aliphatic carbocycles. The molecule has 4 nitrogen and oxygen atoms in total. The molecule has 10 heteroatoms. The van der Waals surface area contributed by atoms with E-state index in [2.05, 4.69) is 0 Å². The molecule has 2 aromatic rings. The third-order valence-electron chi connectivity index (χ3n) is 7.18. The number of hydrogen-bond acceptors (Lipinski definition) is 2. The third kappa shape index (κ3) is 5.78. The first-order valence-corrected chi connectivity index (χ1v) is 12.0. The van der Waals surface area contributed by atoms with Crippen LogP contribution in [0.25, 0.3) is 11.1 Å². The largest absolute Gasteiger partial charge is 0.481 e. The van der Waals surface area contributed by atoms with Crippen molar-refractivity contribution in [1.29, 1.82) is 0 Å². The summed E-state index contributed by atoms with van der Waals surface area (Å²) >= 11 is 0. The lowest BCUT2D eigenvalue weighted by molar-refractivity contribution is -0.140. The fourth-order valence-electron chi connectivity index (χ4n) is 4.61. The van der Waals surface area contributed by atoms with Crippen LogP contribution in [0.5, 0.6) is 0 Å². The van der Waals surface area contributed by atoms with E-state index < -0.39 is 40.9 Å². The molecule has 1 saturated carbocycles. The van der Waals surface area contributed by atoms with E-state index in [1.165, 1.54) is 17.9 Å². The third-order valence-corrected chi connectivity index (χ3v) is 7.18. The molecule has 0 spiro atoms. The summed E-state index contributed by atoms with van der Waals surface area (Å²) in [5, 5.41) is 9.41. The van der Waals surface area contributed by atoms with Crippen LogP contribution in [0, 0.1) is 5.92 Å². The summed E-state index contributed by atoms with van der Waals surface area (Å²) in [7, 11) is 0. The predicted octanol–water partition coefficient (Wildman–Crippen LogP) is 7.46. The van der Waals surface area contributed by atoms with Crippen LogP contribution >= 0.6 is 0 Å². The molecule has 0 aromatic heterocycles. The lowest BCUT2D eigenvalue weighted by Gasteiger charge is -2.42. The average Bonchev–Trinajstić information content (AvgIpc) is 3.67. The summed E-state index contributed by atoms with van der Waals surface area (Å²) in [6.45, 7) is 6.46. The van der Waals surface area contributed by atoms with Gasteiger partial charge in [0, 0.05) is 12.5 Å². The first kappa shape index (κ1) is 28.5. The minimum absolute atomic E-state index is 0.0499. The molecule has 1 aliphatic rings. The number of carbonyl (C=O) groups excluding carboxylic acids is 1. The lowest BCUT2D eigenvalue weighted by Crippen LogP contribution is -2.48. The van der Waals surface area contributed by atoms with Crippen molar-refractivity contribution in [2.45, 2.75) is 70.8 Å². The minimum atomic E-state index is -4.82. The molecule has 0 heterocycles. The Bertz CT molecular complexity index is 1190. The SMILES string of the molecule is CCN(C(=O)C1CC1)C(C)(CC)c1cc(C(F)(F)F)ccc1-c1cc(C(C)C(=O)O)cc(C(F)(F)F)c1. The maximum Gasteiger partial charge on any atom is 0.416 e. The number of hydrogen-bond donors (Lipinski definition) is 1. The van der Waals surface area contributed by atoms with E-state index in [1.807, 2.05) is 0 Å². The lowest BCUT2D eigenvalue weighted by atomic mass is 9.80. The van der Waals surface area contributed by atoms with E-state index in [1.54, 1.807) is 20.8 Å². The number of carbonyl (C=O) groups is 2. The molecule has 0 radical (unpaired) electrons. The number of amides is 1. The minimum Gasteiger partial charge on any atom is -0.481 e.